The first-order chi connectivity index (χ1) is 8.69. The van der Waals surface area contributed by atoms with Gasteiger partial charge in [0, 0.05) is 22.6 Å². The number of carbonyl (C=O) groups excluding carboxylic acids is 1. The molecule has 6 heteroatoms. The van der Waals surface area contributed by atoms with Crippen molar-refractivity contribution in [1.29, 1.82) is 5.26 Å². The quantitative estimate of drug-likeness (QED) is 0.944. The number of halogens is 1. The Morgan fingerprint density at radius 1 is 1.56 bits per heavy atom. The smallest absolute Gasteiger partial charge is 0.244 e. The van der Waals surface area contributed by atoms with Crippen molar-refractivity contribution in [3.8, 4) is 6.07 Å². The molecule has 0 aliphatic carbocycles. The zero-order valence-electron chi connectivity index (χ0n) is 9.30. The average Bonchev–Trinajstić information content (AvgIpc) is 2.76. The van der Waals surface area contributed by atoms with Crippen molar-refractivity contribution < 1.29 is 4.79 Å². The minimum absolute atomic E-state index is 0.0649. The third-order valence-corrected chi connectivity index (χ3v) is 2.73. The fourth-order valence-electron chi connectivity index (χ4n) is 1.47. The van der Waals surface area contributed by atoms with Gasteiger partial charge in [-0.3, -0.25) is 4.79 Å². The molecule has 1 aromatic heterocycles. The summed E-state index contributed by atoms with van der Waals surface area (Å²) in [5.41, 5.74) is 0.702. The van der Waals surface area contributed by atoms with Gasteiger partial charge in [-0.05, 0) is 18.2 Å². The molecule has 1 heterocycles. The monoisotopic (exact) mass is 304 g/mol. The first-order valence-electron chi connectivity index (χ1n) is 5.15. The Bertz CT molecular complexity index is 615. The number of imidazole rings is 1. The number of nitrogens with zero attached hydrogens (tertiary/aromatic N) is 3. The lowest BCUT2D eigenvalue weighted by Gasteiger charge is -2.06. The van der Waals surface area contributed by atoms with Crippen molar-refractivity contribution in [3.63, 3.8) is 0 Å². The lowest BCUT2D eigenvalue weighted by atomic mass is 10.3. The topological polar surface area (TPSA) is 70.7 Å². The maximum Gasteiger partial charge on any atom is 0.244 e. The molecule has 0 saturated carbocycles. The number of rotatable bonds is 3. The molecule has 1 amide bonds. The molecule has 2 rings (SSSR count). The summed E-state index contributed by atoms with van der Waals surface area (Å²) in [5.74, 6) is 0.0157. The Labute approximate surface area is 112 Å². The molecule has 0 unspecified atom stereocenters. The average molecular weight is 305 g/mol. The third-order valence-electron chi connectivity index (χ3n) is 2.24. The molecular formula is C12H9BrN4O. The van der Waals surface area contributed by atoms with Gasteiger partial charge in [0.15, 0.2) is 0 Å². The van der Waals surface area contributed by atoms with Crippen molar-refractivity contribution in [2.45, 2.75) is 6.54 Å². The highest BCUT2D eigenvalue weighted by molar-refractivity contribution is 9.10. The van der Waals surface area contributed by atoms with Gasteiger partial charge in [0.2, 0.25) is 11.7 Å². The summed E-state index contributed by atoms with van der Waals surface area (Å²) in [5, 5.41) is 11.5. The summed E-state index contributed by atoms with van der Waals surface area (Å²) in [7, 11) is 0. The van der Waals surface area contributed by atoms with Gasteiger partial charge in [0.25, 0.3) is 0 Å². The van der Waals surface area contributed by atoms with E-state index in [0.29, 0.717) is 5.69 Å². The molecule has 0 bridgehead atoms. The van der Waals surface area contributed by atoms with Gasteiger partial charge in [-0.25, -0.2) is 4.98 Å². The molecule has 1 N–H and O–H groups in total. The molecule has 90 valence electrons. The van der Waals surface area contributed by atoms with Crippen LogP contribution >= 0.6 is 15.9 Å². The second-order valence-corrected chi connectivity index (χ2v) is 4.46. The summed E-state index contributed by atoms with van der Waals surface area (Å²) in [6.45, 7) is 0.0649. The van der Waals surface area contributed by atoms with E-state index in [1.54, 1.807) is 18.3 Å². The normalized spacial score (nSPS) is 9.78. The van der Waals surface area contributed by atoms with Crippen LogP contribution in [-0.4, -0.2) is 15.5 Å². The van der Waals surface area contributed by atoms with E-state index in [9.17, 15) is 4.79 Å². The highest BCUT2D eigenvalue weighted by Gasteiger charge is 2.07. The number of nitrogens with one attached hydrogen (secondary N) is 1. The van der Waals surface area contributed by atoms with Crippen LogP contribution in [0.15, 0.2) is 41.1 Å². The van der Waals surface area contributed by atoms with E-state index in [-0.39, 0.29) is 18.3 Å². The van der Waals surface area contributed by atoms with Crippen LogP contribution in [0.2, 0.25) is 0 Å². The Hall–Kier alpha value is -2.13. The van der Waals surface area contributed by atoms with E-state index in [1.807, 2.05) is 18.2 Å². The van der Waals surface area contributed by atoms with Gasteiger partial charge in [-0.2, -0.15) is 5.26 Å². The third kappa shape index (κ3) is 2.96. The first kappa shape index (κ1) is 12.3. The van der Waals surface area contributed by atoms with Gasteiger partial charge in [0.1, 0.15) is 12.6 Å². The molecule has 0 aliphatic heterocycles. The van der Waals surface area contributed by atoms with Crippen molar-refractivity contribution in [1.82, 2.24) is 9.55 Å². The highest BCUT2D eigenvalue weighted by atomic mass is 79.9. The largest absolute Gasteiger partial charge is 0.324 e. The van der Waals surface area contributed by atoms with Crippen LogP contribution in [0.1, 0.15) is 5.82 Å². The Balaban J connectivity index is 2.04. The summed E-state index contributed by atoms with van der Waals surface area (Å²) in [6, 6.07) is 9.22. The second-order valence-electron chi connectivity index (χ2n) is 3.55. The lowest BCUT2D eigenvalue weighted by Crippen LogP contribution is -2.19. The van der Waals surface area contributed by atoms with E-state index in [0.717, 1.165) is 4.47 Å². The van der Waals surface area contributed by atoms with Gasteiger partial charge in [0.05, 0.1) is 0 Å². The molecular weight excluding hydrogens is 296 g/mol. The number of carbonyl (C=O) groups is 1. The number of amides is 1. The Morgan fingerprint density at radius 3 is 3.11 bits per heavy atom. The molecule has 0 spiro atoms. The van der Waals surface area contributed by atoms with E-state index in [4.69, 9.17) is 5.26 Å². The molecule has 0 atom stereocenters. The Kier molecular flexibility index (Phi) is 3.75. The summed E-state index contributed by atoms with van der Waals surface area (Å²) in [6.07, 6.45) is 3.09. The number of nitriles is 1. The SMILES string of the molecule is N#Cc1nccn1CC(=O)Nc1cccc(Br)c1. The fraction of sp³-hybridized carbons (Fsp3) is 0.0833. The van der Waals surface area contributed by atoms with Crippen molar-refractivity contribution in [3.05, 3.63) is 47.0 Å². The van der Waals surface area contributed by atoms with Gasteiger partial charge in [-0.15, -0.1) is 0 Å². The number of aromatic nitrogens is 2. The van der Waals surface area contributed by atoms with Crippen LogP contribution < -0.4 is 5.32 Å². The predicted octanol–water partition coefficient (Wildman–Crippen LogP) is 2.16. The van der Waals surface area contributed by atoms with Crippen LogP contribution in [0.25, 0.3) is 0 Å². The Morgan fingerprint density at radius 2 is 2.39 bits per heavy atom. The maximum atomic E-state index is 11.8. The molecule has 5 nitrogen and oxygen atoms in total. The summed E-state index contributed by atoms with van der Waals surface area (Å²) >= 11 is 3.33. The van der Waals surface area contributed by atoms with Gasteiger partial charge >= 0.3 is 0 Å². The minimum Gasteiger partial charge on any atom is -0.324 e. The van der Waals surface area contributed by atoms with E-state index in [1.165, 1.54) is 10.8 Å². The van der Waals surface area contributed by atoms with Gasteiger partial charge in [-0.1, -0.05) is 22.0 Å². The van der Waals surface area contributed by atoms with Gasteiger partial charge < -0.3 is 9.88 Å². The van der Waals surface area contributed by atoms with Crippen LogP contribution in [0.5, 0.6) is 0 Å². The van der Waals surface area contributed by atoms with Crippen LogP contribution in [0, 0.1) is 11.3 Å². The van der Waals surface area contributed by atoms with Crippen LogP contribution in [-0.2, 0) is 11.3 Å². The van der Waals surface area contributed by atoms with Crippen LogP contribution in [0.3, 0.4) is 0 Å². The molecule has 0 saturated heterocycles. The molecule has 0 aliphatic rings. The molecule has 2 aromatic rings. The number of benzene rings is 1. The molecule has 0 radical (unpaired) electrons. The summed E-state index contributed by atoms with van der Waals surface area (Å²) in [4.78, 5) is 15.6. The van der Waals surface area contributed by atoms with Crippen molar-refractivity contribution >= 4 is 27.5 Å². The minimum atomic E-state index is -0.206. The van der Waals surface area contributed by atoms with Crippen molar-refractivity contribution in [2.24, 2.45) is 0 Å². The zero-order chi connectivity index (χ0) is 13.0. The highest BCUT2D eigenvalue weighted by Crippen LogP contribution is 2.15. The second kappa shape index (κ2) is 5.47. The maximum absolute atomic E-state index is 11.8. The fourth-order valence-corrected chi connectivity index (χ4v) is 1.87. The van der Waals surface area contributed by atoms with E-state index in [2.05, 4.69) is 26.2 Å². The number of anilines is 1. The number of hydrogen-bond acceptors (Lipinski definition) is 3. The van der Waals surface area contributed by atoms with E-state index >= 15 is 0 Å². The summed E-state index contributed by atoms with van der Waals surface area (Å²) < 4.78 is 2.38. The molecule has 1 aromatic carbocycles. The molecule has 18 heavy (non-hydrogen) atoms. The zero-order valence-corrected chi connectivity index (χ0v) is 10.9. The van der Waals surface area contributed by atoms with E-state index < -0.39 is 0 Å². The number of hydrogen-bond donors (Lipinski definition) is 1. The van der Waals surface area contributed by atoms with Crippen molar-refractivity contribution in [2.75, 3.05) is 5.32 Å². The lowest BCUT2D eigenvalue weighted by molar-refractivity contribution is -0.116. The standard InChI is InChI=1S/C12H9BrN4O/c13-9-2-1-3-10(6-9)16-12(18)8-17-5-4-15-11(17)7-14/h1-6H,8H2,(H,16,18). The van der Waals surface area contributed by atoms with Crippen LogP contribution in [0.4, 0.5) is 5.69 Å². The first-order valence-corrected chi connectivity index (χ1v) is 5.95. The molecule has 0 fully saturated rings. The predicted molar refractivity (Wildman–Crippen MR) is 69.7 cm³/mol.